The number of aryl methyl sites for hydroxylation is 1. The van der Waals surface area contributed by atoms with E-state index in [2.05, 4.69) is 25.1 Å². The second kappa shape index (κ2) is 7.97. The molecule has 0 aromatic heterocycles. The van der Waals surface area contributed by atoms with Gasteiger partial charge in [0.05, 0.1) is 0 Å². The van der Waals surface area contributed by atoms with Crippen molar-refractivity contribution in [1.82, 2.24) is 0 Å². The number of rotatable bonds is 8. The third kappa shape index (κ3) is 4.70. The van der Waals surface area contributed by atoms with Crippen LogP contribution in [0.15, 0.2) is 36.4 Å². The van der Waals surface area contributed by atoms with Crippen LogP contribution in [0.5, 0.6) is 0 Å². The zero-order valence-electron chi connectivity index (χ0n) is 13.3. The maximum atomic E-state index is 11.5. The normalized spacial score (nSPS) is 11.0. The van der Waals surface area contributed by atoms with Crippen molar-refractivity contribution in [1.29, 1.82) is 0 Å². The summed E-state index contributed by atoms with van der Waals surface area (Å²) in [6.07, 6.45) is 9.14. The predicted octanol–water partition coefficient (Wildman–Crippen LogP) is 5.95. The van der Waals surface area contributed by atoms with Gasteiger partial charge in [-0.15, -0.1) is 0 Å². The number of ketones is 1. The minimum atomic E-state index is 0.137. The van der Waals surface area contributed by atoms with Gasteiger partial charge in [-0.1, -0.05) is 69.4 Å². The first-order valence-corrected chi connectivity index (χ1v) is 8.24. The molecule has 0 unspecified atom stereocenters. The van der Waals surface area contributed by atoms with Crippen LogP contribution in [0.1, 0.15) is 68.3 Å². The number of hydrogen-bond acceptors (Lipinski definition) is 1. The molecule has 0 aliphatic rings. The minimum absolute atomic E-state index is 0.137. The summed E-state index contributed by atoms with van der Waals surface area (Å²) in [4.78, 5) is 11.5. The summed E-state index contributed by atoms with van der Waals surface area (Å²) >= 11 is 0. The molecule has 1 heteroatoms. The van der Waals surface area contributed by atoms with Crippen molar-refractivity contribution in [3.63, 3.8) is 0 Å². The largest absolute Gasteiger partial charge is 0.295 e. The van der Waals surface area contributed by atoms with Crippen LogP contribution < -0.4 is 0 Å². The molecular formula is C20H26O. The Morgan fingerprint density at radius 3 is 2.33 bits per heavy atom. The van der Waals surface area contributed by atoms with E-state index in [1.54, 1.807) is 6.92 Å². The van der Waals surface area contributed by atoms with E-state index in [-0.39, 0.29) is 5.78 Å². The molecule has 0 spiro atoms. The molecule has 0 N–H and O–H groups in total. The van der Waals surface area contributed by atoms with Gasteiger partial charge >= 0.3 is 0 Å². The highest BCUT2D eigenvalue weighted by atomic mass is 16.1. The van der Waals surface area contributed by atoms with Crippen LogP contribution in [0, 0.1) is 0 Å². The van der Waals surface area contributed by atoms with Gasteiger partial charge in [0.25, 0.3) is 0 Å². The Balaban J connectivity index is 1.96. The number of carbonyl (C=O) groups excluding carboxylic acids is 1. The summed E-state index contributed by atoms with van der Waals surface area (Å²) in [6.45, 7) is 3.88. The number of hydrogen-bond donors (Lipinski definition) is 0. The summed E-state index contributed by atoms with van der Waals surface area (Å²) < 4.78 is 0. The van der Waals surface area contributed by atoms with Gasteiger partial charge in [-0.2, -0.15) is 0 Å². The van der Waals surface area contributed by atoms with E-state index in [9.17, 15) is 4.79 Å². The van der Waals surface area contributed by atoms with Crippen molar-refractivity contribution >= 4 is 16.6 Å². The Kier molecular flexibility index (Phi) is 5.98. The van der Waals surface area contributed by atoms with E-state index < -0.39 is 0 Å². The van der Waals surface area contributed by atoms with E-state index in [1.165, 1.54) is 54.9 Å². The first-order valence-electron chi connectivity index (χ1n) is 8.24. The molecule has 0 radical (unpaired) electrons. The third-order valence-electron chi connectivity index (χ3n) is 4.13. The highest BCUT2D eigenvalue weighted by Crippen LogP contribution is 2.20. The molecule has 0 heterocycles. The molecule has 2 aromatic carbocycles. The highest BCUT2D eigenvalue weighted by molar-refractivity contribution is 5.98. The average Bonchev–Trinajstić information content (AvgIpc) is 2.50. The Morgan fingerprint density at radius 1 is 0.857 bits per heavy atom. The average molecular weight is 282 g/mol. The molecule has 0 saturated heterocycles. The van der Waals surface area contributed by atoms with Crippen molar-refractivity contribution in [3.8, 4) is 0 Å². The second-order valence-electron chi connectivity index (χ2n) is 5.97. The first kappa shape index (κ1) is 15.8. The van der Waals surface area contributed by atoms with Gasteiger partial charge in [0.2, 0.25) is 0 Å². The van der Waals surface area contributed by atoms with Crippen LogP contribution in [0.25, 0.3) is 10.8 Å². The monoisotopic (exact) mass is 282 g/mol. The lowest BCUT2D eigenvalue weighted by atomic mass is 9.99. The summed E-state index contributed by atoms with van der Waals surface area (Å²) in [6, 6.07) is 12.6. The maximum Gasteiger partial charge on any atom is 0.159 e. The van der Waals surface area contributed by atoms with E-state index in [0.717, 1.165) is 12.0 Å². The third-order valence-corrected chi connectivity index (χ3v) is 4.13. The highest BCUT2D eigenvalue weighted by Gasteiger charge is 2.02. The zero-order valence-corrected chi connectivity index (χ0v) is 13.3. The standard InChI is InChI=1S/C20H26O/c1-3-4-5-6-7-8-9-17-10-11-18-12-13-19(16(2)21)15-20(18)14-17/h10-15H,3-9H2,1-2H3. The fourth-order valence-corrected chi connectivity index (χ4v) is 2.78. The summed E-state index contributed by atoms with van der Waals surface area (Å²) in [7, 11) is 0. The van der Waals surface area contributed by atoms with Gasteiger partial charge in [-0.05, 0) is 42.2 Å². The van der Waals surface area contributed by atoms with E-state index >= 15 is 0 Å². The molecule has 1 nitrogen and oxygen atoms in total. The predicted molar refractivity (Wildman–Crippen MR) is 91.0 cm³/mol. The van der Waals surface area contributed by atoms with Crippen LogP contribution in [0.2, 0.25) is 0 Å². The fraction of sp³-hybridized carbons (Fsp3) is 0.450. The van der Waals surface area contributed by atoms with E-state index in [0.29, 0.717) is 0 Å². The molecule has 2 rings (SSSR count). The van der Waals surface area contributed by atoms with Crippen LogP contribution in [-0.2, 0) is 6.42 Å². The molecule has 0 atom stereocenters. The Labute approximate surface area is 128 Å². The van der Waals surface area contributed by atoms with Crippen molar-refractivity contribution in [3.05, 3.63) is 47.5 Å². The molecule has 0 bridgehead atoms. The van der Waals surface area contributed by atoms with Gasteiger partial charge in [0.1, 0.15) is 0 Å². The minimum Gasteiger partial charge on any atom is -0.295 e. The van der Waals surface area contributed by atoms with Gasteiger partial charge < -0.3 is 0 Å². The van der Waals surface area contributed by atoms with Crippen molar-refractivity contribution in [2.24, 2.45) is 0 Å². The van der Waals surface area contributed by atoms with Gasteiger partial charge in [0.15, 0.2) is 5.78 Å². The van der Waals surface area contributed by atoms with Crippen molar-refractivity contribution in [2.75, 3.05) is 0 Å². The van der Waals surface area contributed by atoms with Gasteiger partial charge in [-0.25, -0.2) is 0 Å². The van der Waals surface area contributed by atoms with Crippen LogP contribution in [-0.4, -0.2) is 5.78 Å². The van der Waals surface area contributed by atoms with Crippen LogP contribution >= 0.6 is 0 Å². The van der Waals surface area contributed by atoms with E-state index in [1.807, 2.05) is 18.2 Å². The maximum absolute atomic E-state index is 11.5. The van der Waals surface area contributed by atoms with Crippen LogP contribution in [0.3, 0.4) is 0 Å². The lowest BCUT2D eigenvalue weighted by molar-refractivity contribution is 0.101. The lowest BCUT2D eigenvalue weighted by Gasteiger charge is -2.05. The lowest BCUT2D eigenvalue weighted by Crippen LogP contribution is -1.92. The number of benzene rings is 2. The molecule has 0 aliphatic heterocycles. The smallest absolute Gasteiger partial charge is 0.159 e. The Bertz CT molecular complexity index is 598. The second-order valence-corrected chi connectivity index (χ2v) is 5.97. The fourth-order valence-electron chi connectivity index (χ4n) is 2.78. The number of Topliss-reactive ketones (excluding diaryl/α,β-unsaturated/α-hetero) is 1. The molecule has 0 amide bonds. The van der Waals surface area contributed by atoms with Crippen molar-refractivity contribution in [2.45, 2.75) is 58.8 Å². The van der Waals surface area contributed by atoms with E-state index in [4.69, 9.17) is 0 Å². The van der Waals surface area contributed by atoms with Crippen LogP contribution in [0.4, 0.5) is 0 Å². The summed E-state index contributed by atoms with van der Waals surface area (Å²) in [5.41, 5.74) is 2.19. The molecule has 2 aromatic rings. The first-order chi connectivity index (χ1) is 10.2. The van der Waals surface area contributed by atoms with Gasteiger partial charge in [0, 0.05) is 5.56 Å². The topological polar surface area (TPSA) is 17.1 Å². The Morgan fingerprint density at radius 2 is 1.57 bits per heavy atom. The zero-order chi connectivity index (χ0) is 15.1. The quantitative estimate of drug-likeness (QED) is 0.432. The molecular weight excluding hydrogens is 256 g/mol. The Hall–Kier alpha value is -1.63. The summed E-state index contributed by atoms with van der Waals surface area (Å²) in [5, 5.41) is 2.40. The SMILES string of the molecule is CCCCCCCCc1ccc2ccc(C(C)=O)cc2c1. The number of unbranched alkanes of at least 4 members (excludes halogenated alkanes) is 5. The summed E-state index contributed by atoms with van der Waals surface area (Å²) in [5.74, 6) is 0.137. The molecule has 0 fully saturated rings. The van der Waals surface area contributed by atoms with Crippen molar-refractivity contribution < 1.29 is 4.79 Å². The molecule has 0 aliphatic carbocycles. The van der Waals surface area contributed by atoms with Gasteiger partial charge in [-0.3, -0.25) is 4.79 Å². The molecule has 0 saturated carbocycles. The number of fused-ring (bicyclic) bond motifs is 1. The number of carbonyl (C=O) groups is 1. The molecule has 21 heavy (non-hydrogen) atoms. The molecule has 112 valence electrons.